The Bertz CT molecular complexity index is 863. The molecule has 1 aromatic carbocycles. The van der Waals surface area contributed by atoms with E-state index >= 15 is 0 Å². The number of piperidine rings is 1. The average Bonchev–Trinajstić information content (AvgIpc) is 3.01. The van der Waals surface area contributed by atoms with Crippen LogP contribution in [-0.2, 0) is 6.54 Å². The highest BCUT2D eigenvalue weighted by atomic mass is 32.1. The Balaban J connectivity index is 1.71. The van der Waals surface area contributed by atoms with Gasteiger partial charge in [0.1, 0.15) is 10.7 Å². The van der Waals surface area contributed by atoms with Crippen LogP contribution < -0.4 is 5.56 Å². The largest absolute Gasteiger partial charge is 0.309 e. The molecular formula is C18H19N3OS. The number of benzene rings is 1. The summed E-state index contributed by atoms with van der Waals surface area (Å²) >= 11 is 1.55. The van der Waals surface area contributed by atoms with E-state index < -0.39 is 0 Å². The highest BCUT2D eigenvalue weighted by Crippen LogP contribution is 2.30. The van der Waals surface area contributed by atoms with E-state index in [-0.39, 0.29) is 5.56 Å². The van der Waals surface area contributed by atoms with E-state index in [1.165, 1.54) is 19.3 Å². The van der Waals surface area contributed by atoms with Crippen LogP contribution in [0.15, 0.2) is 40.5 Å². The van der Waals surface area contributed by atoms with Gasteiger partial charge in [0.05, 0.1) is 11.9 Å². The lowest BCUT2D eigenvalue weighted by molar-refractivity contribution is 0.216. The predicted octanol–water partition coefficient (Wildman–Crippen LogP) is 3.64. The maximum absolute atomic E-state index is 12.6. The van der Waals surface area contributed by atoms with Gasteiger partial charge >= 0.3 is 0 Å². The lowest BCUT2D eigenvalue weighted by Gasteiger charge is -2.25. The molecule has 3 heterocycles. The number of aromatic amines is 1. The van der Waals surface area contributed by atoms with E-state index in [0.717, 1.165) is 41.4 Å². The zero-order valence-electron chi connectivity index (χ0n) is 12.9. The van der Waals surface area contributed by atoms with Gasteiger partial charge in [-0.15, -0.1) is 11.3 Å². The Morgan fingerprint density at radius 3 is 2.70 bits per heavy atom. The van der Waals surface area contributed by atoms with Gasteiger partial charge in [-0.2, -0.15) is 0 Å². The van der Waals surface area contributed by atoms with E-state index in [0.29, 0.717) is 5.39 Å². The van der Waals surface area contributed by atoms with Crippen LogP contribution in [-0.4, -0.2) is 28.0 Å². The van der Waals surface area contributed by atoms with Crippen LogP contribution >= 0.6 is 11.3 Å². The molecule has 1 aliphatic heterocycles. The number of fused-ring (bicyclic) bond motifs is 1. The van der Waals surface area contributed by atoms with Gasteiger partial charge < -0.3 is 4.98 Å². The molecule has 1 saturated heterocycles. The molecule has 0 aliphatic carbocycles. The van der Waals surface area contributed by atoms with E-state index in [4.69, 9.17) is 4.98 Å². The molecular weight excluding hydrogens is 306 g/mol. The van der Waals surface area contributed by atoms with Crippen LogP contribution in [0.25, 0.3) is 21.3 Å². The van der Waals surface area contributed by atoms with Crippen LogP contribution in [0.5, 0.6) is 0 Å². The first-order chi connectivity index (χ1) is 11.3. The highest BCUT2D eigenvalue weighted by molar-refractivity contribution is 7.17. The number of hydrogen-bond acceptors (Lipinski definition) is 4. The maximum atomic E-state index is 12.6. The fourth-order valence-corrected chi connectivity index (χ4v) is 4.19. The number of aromatic nitrogens is 2. The van der Waals surface area contributed by atoms with Crippen molar-refractivity contribution in [3.8, 4) is 11.1 Å². The molecule has 0 saturated carbocycles. The van der Waals surface area contributed by atoms with Gasteiger partial charge in [-0.1, -0.05) is 36.8 Å². The van der Waals surface area contributed by atoms with Crippen molar-refractivity contribution in [2.75, 3.05) is 13.1 Å². The maximum Gasteiger partial charge on any atom is 0.260 e. The SMILES string of the molecule is O=c1[nH]c(CN2CCCCC2)nc2scc(-c3ccccc3)c12. The molecule has 3 aromatic rings. The van der Waals surface area contributed by atoms with Crippen molar-refractivity contribution in [3.05, 3.63) is 51.9 Å². The van der Waals surface area contributed by atoms with Crippen molar-refractivity contribution in [2.24, 2.45) is 0 Å². The summed E-state index contributed by atoms with van der Waals surface area (Å²) in [4.78, 5) is 23.5. The first kappa shape index (κ1) is 14.6. The van der Waals surface area contributed by atoms with Crippen molar-refractivity contribution in [2.45, 2.75) is 25.8 Å². The molecule has 0 spiro atoms. The normalized spacial score (nSPS) is 16.0. The molecule has 0 unspecified atom stereocenters. The van der Waals surface area contributed by atoms with Crippen molar-refractivity contribution in [3.63, 3.8) is 0 Å². The minimum absolute atomic E-state index is 0.0258. The summed E-state index contributed by atoms with van der Waals surface area (Å²) in [6, 6.07) is 10.0. The molecule has 4 nitrogen and oxygen atoms in total. The minimum atomic E-state index is -0.0258. The lowest BCUT2D eigenvalue weighted by Crippen LogP contribution is -2.30. The van der Waals surface area contributed by atoms with E-state index in [9.17, 15) is 4.79 Å². The molecule has 23 heavy (non-hydrogen) atoms. The van der Waals surface area contributed by atoms with Crippen molar-refractivity contribution in [1.29, 1.82) is 0 Å². The number of hydrogen-bond donors (Lipinski definition) is 1. The Morgan fingerprint density at radius 1 is 1.13 bits per heavy atom. The molecule has 0 radical (unpaired) electrons. The van der Waals surface area contributed by atoms with Crippen molar-refractivity contribution < 1.29 is 0 Å². The zero-order valence-corrected chi connectivity index (χ0v) is 13.7. The van der Waals surface area contributed by atoms with Gasteiger partial charge in [0.2, 0.25) is 0 Å². The summed E-state index contributed by atoms with van der Waals surface area (Å²) in [7, 11) is 0. The summed E-state index contributed by atoms with van der Waals surface area (Å²) in [5.41, 5.74) is 2.01. The Hall–Kier alpha value is -1.98. The van der Waals surface area contributed by atoms with Crippen molar-refractivity contribution in [1.82, 2.24) is 14.9 Å². The number of H-pyrrole nitrogens is 1. The molecule has 5 heteroatoms. The second-order valence-corrected chi connectivity index (χ2v) is 6.90. The van der Waals surface area contributed by atoms with E-state index in [2.05, 4.69) is 9.88 Å². The van der Waals surface area contributed by atoms with Crippen LogP contribution in [0, 0.1) is 0 Å². The Labute approximate surface area is 138 Å². The molecule has 2 aromatic heterocycles. The summed E-state index contributed by atoms with van der Waals surface area (Å²) in [6.45, 7) is 2.94. The number of nitrogens with zero attached hydrogens (tertiary/aromatic N) is 2. The third-order valence-corrected chi connectivity index (χ3v) is 5.27. The average molecular weight is 325 g/mol. The highest BCUT2D eigenvalue weighted by Gasteiger charge is 2.15. The fraction of sp³-hybridized carbons (Fsp3) is 0.333. The first-order valence-corrected chi connectivity index (χ1v) is 8.97. The van der Waals surface area contributed by atoms with Gasteiger partial charge in [-0.05, 0) is 31.5 Å². The third kappa shape index (κ3) is 2.94. The summed E-state index contributed by atoms with van der Waals surface area (Å²) < 4.78 is 0. The first-order valence-electron chi connectivity index (χ1n) is 8.09. The van der Waals surface area contributed by atoms with Crippen LogP contribution in [0.4, 0.5) is 0 Å². The topological polar surface area (TPSA) is 49.0 Å². The summed E-state index contributed by atoms with van der Waals surface area (Å²) in [5.74, 6) is 0.783. The molecule has 1 fully saturated rings. The minimum Gasteiger partial charge on any atom is -0.309 e. The van der Waals surface area contributed by atoms with Crippen LogP contribution in [0.3, 0.4) is 0 Å². The summed E-state index contributed by atoms with van der Waals surface area (Å²) in [5, 5.41) is 2.75. The number of likely N-dealkylation sites (tertiary alicyclic amines) is 1. The molecule has 1 aliphatic rings. The quantitative estimate of drug-likeness (QED) is 0.800. The van der Waals surface area contributed by atoms with E-state index in [1.807, 2.05) is 35.7 Å². The van der Waals surface area contributed by atoms with Crippen LogP contribution in [0.2, 0.25) is 0 Å². The Morgan fingerprint density at radius 2 is 1.91 bits per heavy atom. The molecule has 118 valence electrons. The standard InChI is InChI=1S/C18H19N3OS/c22-17-16-14(13-7-3-1-4-8-13)12-23-18(16)20-15(19-17)11-21-9-5-2-6-10-21/h1,3-4,7-8,12H,2,5-6,9-11H2,(H,19,20,22). The van der Waals surface area contributed by atoms with Gasteiger partial charge in [-0.25, -0.2) is 4.98 Å². The van der Waals surface area contributed by atoms with E-state index in [1.54, 1.807) is 11.3 Å². The van der Waals surface area contributed by atoms with Gasteiger partial charge in [-0.3, -0.25) is 9.69 Å². The van der Waals surface area contributed by atoms with Gasteiger partial charge in [0, 0.05) is 10.9 Å². The molecule has 0 bridgehead atoms. The number of thiophene rings is 1. The molecule has 0 atom stereocenters. The predicted molar refractivity (Wildman–Crippen MR) is 94.8 cm³/mol. The number of nitrogens with one attached hydrogen (secondary N) is 1. The smallest absolute Gasteiger partial charge is 0.260 e. The Kier molecular flexibility index (Phi) is 3.97. The third-order valence-electron chi connectivity index (χ3n) is 4.40. The molecule has 1 N–H and O–H groups in total. The van der Waals surface area contributed by atoms with Gasteiger partial charge in [0.25, 0.3) is 5.56 Å². The monoisotopic (exact) mass is 325 g/mol. The number of rotatable bonds is 3. The van der Waals surface area contributed by atoms with Gasteiger partial charge in [0.15, 0.2) is 0 Å². The fourth-order valence-electron chi connectivity index (χ4n) is 3.23. The molecule has 0 amide bonds. The second-order valence-electron chi connectivity index (χ2n) is 6.04. The second kappa shape index (κ2) is 6.26. The molecule has 4 rings (SSSR count). The van der Waals surface area contributed by atoms with Crippen molar-refractivity contribution >= 4 is 21.6 Å². The summed E-state index contributed by atoms with van der Waals surface area (Å²) in [6.07, 6.45) is 3.79. The zero-order chi connectivity index (χ0) is 15.6. The lowest BCUT2D eigenvalue weighted by atomic mass is 10.1. The van der Waals surface area contributed by atoms with Crippen LogP contribution in [0.1, 0.15) is 25.1 Å².